The molecule has 7 heteroatoms. The summed E-state index contributed by atoms with van der Waals surface area (Å²) in [4.78, 5) is 18.6. The van der Waals surface area contributed by atoms with Crippen LogP contribution in [0.25, 0.3) is 10.9 Å². The number of fused-ring (bicyclic) bond motifs is 1. The zero-order valence-corrected chi connectivity index (χ0v) is 16.1. The van der Waals surface area contributed by atoms with Gasteiger partial charge in [-0.15, -0.1) is 0 Å². The molecule has 4 nitrogen and oxygen atoms in total. The van der Waals surface area contributed by atoms with Crippen molar-refractivity contribution in [3.05, 3.63) is 75.8 Å². The van der Waals surface area contributed by atoms with Gasteiger partial charge >= 0.3 is 6.18 Å². The van der Waals surface area contributed by atoms with Crippen LogP contribution in [-0.4, -0.2) is 27.0 Å². The fourth-order valence-corrected chi connectivity index (χ4v) is 4.17. The highest BCUT2D eigenvalue weighted by Crippen LogP contribution is 2.32. The predicted molar refractivity (Wildman–Crippen MR) is 106 cm³/mol. The van der Waals surface area contributed by atoms with Crippen molar-refractivity contribution in [2.24, 2.45) is 0 Å². The Morgan fingerprint density at radius 2 is 1.90 bits per heavy atom. The van der Waals surface area contributed by atoms with Gasteiger partial charge in [-0.3, -0.25) is 14.7 Å². The Kier molecular flexibility index (Phi) is 5.17. The highest BCUT2D eigenvalue weighted by Gasteiger charge is 2.36. The molecule has 0 bridgehead atoms. The van der Waals surface area contributed by atoms with Crippen LogP contribution >= 0.6 is 0 Å². The molecule has 0 aliphatic carbocycles. The molecule has 1 aromatic carbocycles. The smallest absolute Gasteiger partial charge is 0.335 e. The molecule has 4 rings (SSSR count). The van der Waals surface area contributed by atoms with Gasteiger partial charge in [0.15, 0.2) is 5.43 Å². The molecule has 1 aliphatic rings. The van der Waals surface area contributed by atoms with E-state index in [9.17, 15) is 18.0 Å². The van der Waals surface area contributed by atoms with Crippen LogP contribution in [0, 0.1) is 6.92 Å². The standard InChI is InChI=1S/C22H22F3N3O/c1-15-4-5-19-18(11-15)20(29)12-21(22(23,24)25)28(19)14-17-3-2-10-27(17)13-16-6-8-26-9-7-16/h4-9,11-12,17H,2-3,10,13-14H2,1H3. The van der Waals surface area contributed by atoms with E-state index in [1.807, 2.05) is 19.1 Å². The SMILES string of the molecule is Cc1ccc2c(c1)c(=O)cc(C(F)(F)F)n2CC1CCCN1Cc1ccncc1. The van der Waals surface area contributed by atoms with Gasteiger partial charge in [-0.25, -0.2) is 0 Å². The molecule has 152 valence electrons. The van der Waals surface area contributed by atoms with E-state index in [2.05, 4.69) is 9.88 Å². The quantitative estimate of drug-likeness (QED) is 0.651. The van der Waals surface area contributed by atoms with Gasteiger partial charge in [0.25, 0.3) is 0 Å². The van der Waals surface area contributed by atoms with Crippen LogP contribution in [0.4, 0.5) is 13.2 Å². The molecule has 1 aliphatic heterocycles. The predicted octanol–water partition coefficient (Wildman–Crippen LogP) is 4.39. The highest BCUT2D eigenvalue weighted by atomic mass is 19.4. The summed E-state index contributed by atoms with van der Waals surface area (Å²) in [5, 5.41) is 0.330. The molecule has 1 saturated heterocycles. The van der Waals surface area contributed by atoms with Gasteiger partial charge in [0.05, 0.1) is 5.52 Å². The Labute approximate surface area is 166 Å². The highest BCUT2D eigenvalue weighted by molar-refractivity contribution is 5.80. The van der Waals surface area contributed by atoms with Crippen molar-refractivity contribution < 1.29 is 13.2 Å². The largest absolute Gasteiger partial charge is 0.431 e. The third-order valence-corrected chi connectivity index (χ3v) is 5.58. The van der Waals surface area contributed by atoms with E-state index in [-0.39, 0.29) is 12.6 Å². The van der Waals surface area contributed by atoms with Crippen LogP contribution in [0.3, 0.4) is 0 Å². The number of nitrogens with zero attached hydrogens (tertiary/aromatic N) is 3. The number of hydrogen-bond acceptors (Lipinski definition) is 3. The van der Waals surface area contributed by atoms with Crippen molar-refractivity contribution in [1.29, 1.82) is 0 Å². The topological polar surface area (TPSA) is 38.1 Å². The molecule has 3 aromatic rings. The molecule has 0 N–H and O–H groups in total. The van der Waals surface area contributed by atoms with Gasteiger partial charge < -0.3 is 4.57 Å². The molecule has 0 spiro atoms. The van der Waals surface area contributed by atoms with Crippen LogP contribution in [-0.2, 0) is 19.3 Å². The van der Waals surface area contributed by atoms with Crippen molar-refractivity contribution in [3.63, 3.8) is 0 Å². The van der Waals surface area contributed by atoms with Crippen molar-refractivity contribution in [2.45, 2.75) is 45.1 Å². The lowest BCUT2D eigenvalue weighted by molar-refractivity contribution is -0.144. The van der Waals surface area contributed by atoms with Crippen LogP contribution in [0.5, 0.6) is 0 Å². The van der Waals surface area contributed by atoms with Crippen LogP contribution in [0.15, 0.2) is 53.6 Å². The number of benzene rings is 1. The first-order chi connectivity index (χ1) is 13.8. The van der Waals surface area contributed by atoms with E-state index < -0.39 is 17.3 Å². The minimum Gasteiger partial charge on any atom is -0.335 e. The van der Waals surface area contributed by atoms with Crippen LogP contribution in [0.2, 0.25) is 0 Å². The Morgan fingerprint density at radius 3 is 2.62 bits per heavy atom. The summed E-state index contributed by atoms with van der Waals surface area (Å²) in [5.74, 6) is 0. The maximum Gasteiger partial charge on any atom is 0.431 e. The van der Waals surface area contributed by atoms with Crippen LogP contribution < -0.4 is 5.43 Å². The van der Waals surface area contributed by atoms with Crippen molar-refractivity contribution >= 4 is 10.9 Å². The lowest BCUT2D eigenvalue weighted by Crippen LogP contribution is -2.34. The molecular weight excluding hydrogens is 379 g/mol. The first-order valence-electron chi connectivity index (χ1n) is 9.67. The molecule has 1 unspecified atom stereocenters. The molecule has 0 saturated carbocycles. The summed E-state index contributed by atoms with van der Waals surface area (Å²) in [5.41, 5.74) is 0.803. The zero-order chi connectivity index (χ0) is 20.6. The fourth-order valence-electron chi connectivity index (χ4n) is 4.17. The van der Waals surface area contributed by atoms with E-state index in [1.54, 1.807) is 30.6 Å². The normalized spacial score (nSPS) is 17.9. The Bertz CT molecular complexity index is 1080. The lowest BCUT2D eigenvalue weighted by atomic mass is 10.1. The van der Waals surface area contributed by atoms with Gasteiger partial charge in [0.2, 0.25) is 0 Å². The van der Waals surface area contributed by atoms with E-state index in [1.165, 1.54) is 4.57 Å². The first-order valence-corrected chi connectivity index (χ1v) is 9.67. The summed E-state index contributed by atoms with van der Waals surface area (Å²) in [6, 6.07) is 9.60. The molecule has 29 heavy (non-hydrogen) atoms. The van der Waals surface area contributed by atoms with Crippen molar-refractivity contribution in [1.82, 2.24) is 14.5 Å². The van der Waals surface area contributed by atoms with Gasteiger partial charge in [-0.05, 0) is 56.1 Å². The molecule has 0 amide bonds. The number of aromatic nitrogens is 2. The molecule has 0 radical (unpaired) electrons. The zero-order valence-electron chi connectivity index (χ0n) is 16.1. The molecular formula is C22H22F3N3O. The minimum atomic E-state index is -4.59. The van der Waals surface area contributed by atoms with E-state index in [4.69, 9.17) is 0 Å². The third-order valence-electron chi connectivity index (χ3n) is 5.58. The summed E-state index contributed by atoms with van der Waals surface area (Å²) < 4.78 is 42.6. The third kappa shape index (κ3) is 4.05. The van der Waals surface area contributed by atoms with E-state index in [0.717, 1.165) is 36.6 Å². The number of halogens is 3. The maximum absolute atomic E-state index is 13.8. The number of hydrogen-bond donors (Lipinski definition) is 0. The van der Waals surface area contributed by atoms with Gasteiger partial charge in [0, 0.05) is 43.0 Å². The monoisotopic (exact) mass is 401 g/mol. The Hall–Kier alpha value is -2.67. The second-order valence-corrected chi connectivity index (χ2v) is 7.64. The number of rotatable bonds is 4. The maximum atomic E-state index is 13.8. The Morgan fingerprint density at radius 1 is 1.14 bits per heavy atom. The summed E-state index contributed by atoms with van der Waals surface area (Å²) in [7, 11) is 0. The van der Waals surface area contributed by atoms with Crippen LogP contribution in [0.1, 0.15) is 29.7 Å². The Balaban J connectivity index is 1.74. The molecule has 2 aromatic heterocycles. The molecule has 3 heterocycles. The molecule has 1 atom stereocenters. The van der Waals surface area contributed by atoms with E-state index >= 15 is 0 Å². The number of alkyl halides is 3. The summed E-state index contributed by atoms with van der Waals surface area (Å²) in [6.07, 6.45) is 0.614. The lowest BCUT2D eigenvalue weighted by Gasteiger charge is -2.28. The minimum absolute atomic E-state index is 0.0312. The fraction of sp³-hybridized carbons (Fsp3) is 0.364. The van der Waals surface area contributed by atoms with Gasteiger partial charge in [0.1, 0.15) is 5.69 Å². The second kappa shape index (κ2) is 7.63. The number of aryl methyl sites for hydroxylation is 1. The average molecular weight is 401 g/mol. The summed E-state index contributed by atoms with van der Waals surface area (Å²) in [6.45, 7) is 3.53. The number of likely N-dealkylation sites (tertiary alicyclic amines) is 1. The second-order valence-electron chi connectivity index (χ2n) is 7.64. The number of pyridine rings is 2. The van der Waals surface area contributed by atoms with Gasteiger partial charge in [-0.2, -0.15) is 13.2 Å². The average Bonchev–Trinajstić information content (AvgIpc) is 3.10. The summed E-state index contributed by atoms with van der Waals surface area (Å²) >= 11 is 0. The van der Waals surface area contributed by atoms with E-state index in [0.29, 0.717) is 17.4 Å². The first kappa shape index (κ1) is 19.6. The van der Waals surface area contributed by atoms with Gasteiger partial charge in [-0.1, -0.05) is 11.6 Å². The van der Waals surface area contributed by atoms with Crippen molar-refractivity contribution in [2.75, 3.05) is 6.54 Å². The van der Waals surface area contributed by atoms with Crippen molar-refractivity contribution in [3.8, 4) is 0 Å². The molecule has 1 fully saturated rings.